The molecule has 4 unspecified atom stereocenters. The highest BCUT2D eigenvalue weighted by Crippen LogP contribution is 2.46. The standard InChI is InChI=1S/C22H36F2O/c1-3-4-15-5-7-16(8-6-15)17-9-11-18(12-10-17)19-13-14-20(25-2)22(24)21(19)23/h3-4,15-22H,5-14H2,1-2H3/b4-3+. The first-order valence-corrected chi connectivity index (χ1v) is 10.6. The molecule has 0 aromatic carbocycles. The van der Waals surface area contributed by atoms with E-state index in [9.17, 15) is 8.78 Å². The maximum Gasteiger partial charge on any atom is 0.157 e. The van der Waals surface area contributed by atoms with Crippen LogP contribution in [0.25, 0.3) is 0 Å². The minimum Gasteiger partial charge on any atom is -0.378 e. The van der Waals surface area contributed by atoms with E-state index in [1.54, 1.807) is 0 Å². The van der Waals surface area contributed by atoms with Crippen molar-refractivity contribution in [3.8, 4) is 0 Å². The topological polar surface area (TPSA) is 9.23 Å². The normalized spacial score (nSPS) is 46.4. The number of alkyl halides is 2. The van der Waals surface area contributed by atoms with E-state index in [0.29, 0.717) is 12.3 Å². The SMILES string of the molecule is C/C=C/C1CCC(C2CCC(C3CCC(OC)C(F)C3F)CC2)CC1. The van der Waals surface area contributed by atoms with Crippen molar-refractivity contribution in [2.24, 2.45) is 29.6 Å². The average molecular weight is 355 g/mol. The molecule has 0 aliphatic heterocycles. The quantitative estimate of drug-likeness (QED) is 0.540. The van der Waals surface area contributed by atoms with E-state index < -0.39 is 18.4 Å². The zero-order valence-electron chi connectivity index (χ0n) is 16.0. The molecule has 0 spiro atoms. The molecular formula is C22H36F2O. The van der Waals surface area contributed by atoms with Crippen LogP contribution in [0.1, 0.15) is 71.1 Å². The maximum atomic E-state index is 14.6. The number of halogens is 2. The van der Waals surface area contributed by atoms with Crippen LogP contribution in [0.5, 0.6) is 0 Å². The fraction of sp³-hybridized carbons (Fsp3) is 0.909. The Morgan fingerprint density at radius 2 is 1.28 bits per heavy atom. The van der Waals surface area contributed by atoms with E-state index in [0.717, 1.165) is 37.0 Å². The third-order valence-corrected chi connectivity index (χ3v) is 7.53. The van der Waals surface area contributed by atoms with E-state index in [1.165, 1.54) is 45.6 Å². The van der Waals surface area contributed by atoms with Gasteiger partial charge in [-0.05, 0) is 101 Å². The molecule has 3 heteroatoms. The Morgan fingerprint density at radius 1 is 0.720 bits per heavy atom. The van der Waals surface area contributed by atoms with Crippen molar-refractivity contribution in [3.63, 3.8) is 0 Å². The Bertz CT molecular complexity index is 422. The van der Waals surface area contributed by atoms with Crippen molar-refractivity contribution in [3.05, 3.63) is 12.2 Å². The summed E-state index contributed by atoms with van der Waals surface area (Å²) in [4.78, 5) is 0. The number of hydrogen-bond acceptors (Lipinski definition) is 1. The lowest BCUT2D eigenvalue weighted by Gasteiger charge is -2.43. The van der Waals surface area contributed by atoms with Gasteiger partial charge in [0.1, 0.15) is 6.17 Å². The van der Waals surface area contributed by atoms with Gasteiger partial charge in [-0.25, -0.2) is 8.78 Å². The monoisotopic (exact) mass is 354 g/mol. The van der Waals surface area contributed by atoms with Crippen LogP contribution in [0.3, 0.4) is 0 Å². The second kappa shape index (κ2) is 8.97. The van der Waals surface area contributed by atoms with E-state index in [1.807, 2.05) is 0 Å². The van der Waals surface area contributed by atoms with E-state index in [4.69, 9.17) is 4.74 Å². The molecule has 0 heterocycles. The van der Waals surface area contributed by atoms with Crippen LogP contribution in [0, 0.1) is 29.6 Å². The first-order valence-electron chi connectivity index (χ1n) is 10.6. The van der Waals surface area contributed by atoms with Crippen LogP contribution in [0.15, 0.2) is 12.2 Å². The number of ether oxygens (including phenoxy) is 1. The summed E-state index contributed by atoms with van der Waals surface area (Å²) in [6.07, 6.45) is 12.8. The van der Waals surface area contributed by atoms with Crippen molar-refractivity contribution < 1.29 is 13.5 Å². The lowest BCUT2D eigenvalue weighted by molar-refractivity contribution is -0.0729. The summed E-state index contributed by atoms with van der Waals surface area (Å²) in [6.45, 7) is 2.12. The molecule has 3 fully saturated rings. The number of hydrogen-bond donors (Lipinski definition) is 0. The smallest absolute Gasteiger partial charge is 0.157 e. The lowest BCUT2D eigenvalue weighted by atomic mass is 9.65. The molecule has 3 saturated carbocycles. The summed E-state index contributed by atoms with van der Waals surface area (Å²) < 4.78 is 33.9. The van der Waals surface area contributed by atoms with Gasteiger partial charge in [0.15, 0.2) is 6.17 Å². The van der Waals surface area contributed by atoms with E-state index in [-0.39, 0.29) is 5.92 Å². The summed E-state index contributed by atoms with van der Waals surface area (Å²) in [6, 6.07) is 0. The predicted octanol–water partition coefficient (Wildman–Crippen LogP) is 6.28. The van der Waals surface area contributed by atoms with Gasteiger partial charge in [0.25, 0.3) is 0 Å². The summed E-state index contributed by atoms with van der Waals surface area (Å²) >= 11 is 0. The van der Waals surface area contributed by atoms with Crippen LogP contribution in [0.4, 0.5) is 8.78 Å². The van der Waals surface area contributed by atoms with Gasteiger partial charge < -0.3 is 4.74 Å². The molecule has 3 aliphatic carbocycles. The molecule has 0 aromatic heterocycles. The van der Waals surface area contributed by atoms with Crippen molar-refractivity contribution in [2.45, 2.75) is 89.6 Å². The van der Waals surface area contributed by atoms with Gasteiger partial charge >= 0.3 is 0 Å². The van der Waals surface area contributed by atoms with Crippen LogP contribution in [-0.4, -0.2) is 25.6 Å². The molecule has 3 aliphatic rings. The first-order chi connectivity index (χ1) is 12.1. The van der Waals surface area contributed by atoms with Gasteiger partial charge in [0, 0.05) is 7.11 Å². The molecular weight excluding hydrogens is 318 g/mol. The van der Waals surface area contributed by atoms with Gasteiger partial charge in [0.05, 0.1) is 6.10 Å². The third-order valence-electron chi connectivity index (χ3n) is 7.53. The minimum atomic E-state index is -1.43. The second-order valence-corrected chi connectivity index (χ2v) is 8.78. The maximum absolute atomic E-state index is 14.6. The Hall–Kier alpha value is -0.440. The zero-order valence-corrected chi connectivity index (χ0v) is 16.0. The highest BCUT2D eigenvalue weighted by molar-refractivity contribution is 4.94. The molecule has 1 nitrogen and oxygen atoms in total. The molecule has 0 bridgehead atoms. The van der Waals surface area contributed by atoms with Crippen molar-refractivity contribution in [1.82, 2.24) is 0 Å². The highest BCUT2D eigenvalue weighted by Gasteiger charge is 2.44. The summed E-state index contributed by atoms with van der Waals surface area (Å²) in [5, 5.41) is 0. The summed E-state index contributed by atoms with van der Waals surface area (Å²) in [7, 11) is 1.50. The van der Waals surface area contributed by atoms with E-state index in [2.05, 4.69) is 19.1 Å². The molecule has 0 amide bonds. The van der Waals surface area contributed by atoms with Crippen LogP contribution < -0.4 is 0 Å². The Kier molecular flexibility index (Phi) is 6.93. The summed E-state index contributed by atoms with van der Waals surface area (Å²) in [5.41, 5.74) is 0. The molecule has 0 aromatic rings. The largest absolute Gasteiger partial charge is 0.378 e. The van der Waals surface area contributed by atoms with Crippen LogP contribution in [-0.2, 0) is 4.74 Å². The number of methoxy groups -OCH3 is 1. The lowest BCUT2D eigenvalue weighted by Crippen LogP contribution is -2.45. The number of allylic oxidation sites excluding steroid dienone is 2. The Balaban J connectivity index is 1.46. The van der Waals surface area contributed by atoms with Crippen molar-refractivity contribution in [2.75, 3.05) is 7.11 Å². The van der Waals surface area contributed by atoms with Crippen LogP contribution in [0.2, 0.25) is 0 Å². The van der Waals surface area contributed by atoms with Gasteiger partial charge in [-0.2, -0.15) is 0 Å². The second-order valence-electron chi connectivity index (χ2n) is 8.78. The van der Waals surface area contributed by atoms with Gasteiger partial charge in [-0.3, -0.25) is 0 Å². The fourth-order valence-corrected chi connectivity index (χ4v) is 5.99. The fourth-order valence-electron chi connectivity index (χ4n) is 5.99. The Labute approximate surface area is 152 Å². The first kappa shape index (κ1) is 19.3. The van der Waals surface area contributed by atoms with Gasteiger partial charge in [-0.15, -0.1) is 0 Å². The molecule has 144 valence electrons. The molecule has 3 rings (SSSR count). The van der Waals surface area contributed by atoms with Crippen molar-refractivity contribution in [1.29, 1.82) is 0 Å². The molecule has 0 radical (unpaired) electrons. The average Bonchev–Trinajstić information content (AvgIpc) is 2.65. The minimum absolute atomic E-state index is 0.0761. The number of rotatable bonds is 4. The molecule has 4 atom stereocenters. The third kappa shape index (κ3) is 4.46. The predicted molar refractivity (Wildman–Crippen MR) is 99.0 cm³/mol. The molecule has 25 heavy (non-hydrogen) atoms. The zero-order chi connectivity index (χ0) is 17.8. The van der Waals surface area contributed by atoms with Crippen LogP contribution >= 0.6 is 0 Å². The van der Waals surface area contributed by atoms with Gasteiger partial charge in [0.2, 0.25) is 0 Å². The summed E-state index contributed by atoms with van der Waals surface area (Å²) in [5.74, 6) is 2.82. The molecule has 0 saturated heterocycles. The van der Waals surface area contributed by atoms with Crippen molar-refractivity contribution >= 4 is 0 Å². The van der Waals surface area contributed by atoms with Gasteiger partial charge in [-0.1, -0.05) is 12.2 Å². The molecule has 0 N–H and O–H groups in total. The Morgan fingerprint density at radius 3 is 1.84 bits per heavy atom. The highest BCUT2D eigenvalue weighted by atomic mass is 19.2. The van der Waals surface area contributed by atoms with E-state index >= 15 is 0 Å².